The summed E-state index contributed by atoms with van der Waals surface area (Å²) in [6, 6.07) is 13.1. The van der Waals surface area contributed by atoms with Crippen molar-refractivity contribution in [2.75, 3.05) is 41.8 Å². The number of piperidine rings is 1. The second-order valence-electron chi connectivity index (χ2n) is 7.10. The van der Waals surface area contributed by atoms with Gasteiger partial charge in [-0.15, -0.1) is 0 Å². The minimum atomic E-state index is 0.348. The normalized spacial score (nSPS) is 23.5. The first kappa shape index (κ1) is 17.1. The molecule has 0 amide bonds. The van der Waals surface area contributed by atoms with Crippen LogP contribution in [0.2, 0.25) is 0 Å². The number of hydrogen-bond acceptors (Lipinski definition) is 6. The predicted molar refractivity (Wildman–Crippen MR) is 105 cm³/mol. The van der Waals surface area contributed by atoms with E-state index in [9.17, 15) is 0 Å². The van der Waals surface area contributed by atoms with E-state index in [0.717, 1.165) is 57.3 Å². The molecular weight excluding hydrogens is 326 g/mol. The average Bonchev–Trinajstić information content (AvgIpc) is 2.70. The first-order valence-electron chi connectivity index (χ1n) is 9.61. The molecule has 0 saturated carbocycles. The van der Waals surface area contributed by atoms with Crippen LogP contribution in [0.3, 0.4) is 0 Å². The maximum atomic E-state index is 5.55. The average molecular weight is 353 g/mol. The molecule has 138 valence electrons. The number of ether oxygens (including phenoxy) is 1. The summed E-state index contributed by atoms with van der Waals surface area (Å²) in [6.07, 6.45) is 6.40. The third-order valence-corrected chi connectivity index (χ3v) is 5.00. The van der Waals surface area contributed by atoms with Crippen LogP contribution >= 0.6 is 0 Å². The first-order chi connectivity index (χ1) is 12.9. The quantitative estimate of drug-likeness (QED) is 0.861. The summed E-state index contributed by atoms with van der Waals surface area (Å²) in [7, 11) is 0. The minimum Gasteiger partial charge on any atom is -0.381 e. The maximum absolute atomic E-state index is 5.55. The van der Waals surface area contributed by atoms with Crippen LogP contribution in [0, 0.1) is 0 Å². The fourth-order valence-electron chi connectivity index (χ4n) is 3.69. The second kappa shape index (κ2) is 8.36. The summed E-state index contributed by atoms with van der Waals surface area (Å²) in [6.45, 7) is 3.55. The number of anilines is 3. The standard InChI is InChI=1S/C20H27N5O/c1-2-6-16(7-3-1)22-17-8-4-12-25(14-17)20-21-11-10-19(24-20)23-18-9-5-13-26-15-18/h1-3,6-7,10-11,17-18,22H,4-5,8-9,12-15H2,(H,21,23,24). The van der Waals surface area contributed by atoms with E-state index in [0.29, 0.717) is 12.1 Å². The largest absolute Gasteiger partial charge is 0.381 e. The van der Waals surface area contributed by atoms with Gasteiger partial charge >= 0.3 is 0 Å². The molecule has 2 aliphatic rings. The Morgan fingerprint density at radius 2 is 1.88 bits per heavy atom. The third-order valence-electron chi connectivity index (χ3n) is 5.00. The molecule has 2 N–H and O–H groups in total. The van der Waals surface area contributed by atoms with Gasteiger partial charge in [0.25, 0.3) is 0 Å². The van der Waals surface area contributed by atoms with Crippen molar-refractivity contribution in [1.29, 1.82) is 0 Å². The fraction of sp³-hybridized carbons (Fsp3) is 0.500. The van der Waals surface area contributed by atoms with E-state index in [1.807, 2.05) is 18.3 Å². The Morgan fingerprint density at radius 3 is 2.73 bits per heavy atom. The molecule has 2 aromatic rings. The lowest BCUT2D eigenvalue weighted by Crippen LogP contribution is -2.43. The number of nitrogens with one attached hydrogen (secondary N) is 2. The van der Waals surface area contributed by atoms with Gasteiger partial charge in [0.2, 0.25) is 5.95 Å². The zero-order chi connectivity index (χ0) is 17.6. The van der Waals surface area contributed by atoms with Crippen molar-refractivity contribution in [3.8, 4) is 0 Å². The molecular formula is C20H27N5O. The Labute approximate surface area is 155 Å². The molecule has 0 aliphatic carbocycles. The van der Waals surface area contributed by atoms with Gasteiger partial charge in [0.15, 0.2) is 0 Å². The molecule has 6 heteroatoms. The van der Waals surface area contributed by atoms with Gasteiger partial charge in [-0.25, -0.2) is 4.98 Å². The van der Waals surface area contributed by atoms with E-state index in [2.05, 4.69) is 44.8 Å². The van der Waals surface area contributed by atoms with Gasteiger partial charge in [0.05, 0.1) is 12.6 Å². The van der Waals surface area contributed by atoms with Gasteiger partial charge < -0.3 is 20.3 Å². The number of nitrogens with zero attached hydrogens (tertiary/aromatic N) is 3. The van der Waals surface area contributed by atoms with Crippen LogP contribution in [0.25, 0.3) is 0 Å². The summed E-state index contributed by atoms with van der Waals surface area (Å²) in [5, 5.41) is 7.12. The molecule has 0 spiro atoms. The van der Waals surface area contributed by atoms with E-state index in [1.54, 1.807) is 0 Å². The van der Waals surface area contributed by atoms with Crippen LogP contribution in [-0.4, -0.2) is 48.4 Å². The highest BCUT2D eigenvalue weighted by Crippen LogP contribution is 2.21. The van der Waals surface area contributed by atoms with Crippen molar-refractivity contribution < 1.29 is 4.74 Å². The van der Waals surface area contributed by atoms with E-state index in [4.69, 9.17) is 9.72 Å². The topological polar surface area (TPSA) is 62.3 Å². The molecule has 4 rings (SSSR count). The highest BCUT2D eigenvalue weighted by atomic mass is 16.5. The summed E-state index contributed by atoms with van der Waals surface area (Å²) < 4.78 is 5.55. The second-order valence-corrected chi connectivity index (χ2v) is 7.10. The molecule has 2 fully saturated rings. The van der Waals surface area contributed by atoms with Gasteiger partial charge in [-0.3, -0.25) is 0 Å². The van der Waals surface area contributed by atoms with Crippen LogP contribution in [0.15, 0.2) is 42.6 Å². The van der Waals surface area contributed by atoms with Gasteiger partial charge in [0, 0.05) is 37.6 Å². The molecule has 2 saturated heterocycles. The van der Waals surface area contributed by atoms with Crippen LogP contribution in [0.5, 0.6) is 0 Å². The monoisotopic (exact) mass is 353 g/mol. The lowest BCUT2D eigenvalue weighted by atomic mass is 10.1. The van der Waals surface area contributed by atoms with Crippen molar-refractivity contribution >= 4 is 17.5 Å². The van der Waals surface area contributed by atoms with Crippen LogP contribution in [-0.2, 0) is 4.74 Å². The maximum Gasteiger partial charge on any atom is 0.227 e. The lowest BCUT2D eigenvalue weighted by molar-refractivity contribution is 0.0875. The third kappa shape index (κ3) is 4.43. The van der Waals surface area contributed by atoms with Gasteiger partial charge in [0.1, 0.15) is 5.82 Å². The fourth-order valence-corrected chi connectivity index (χ4v) is 3.69. The summed E-state index contributed by atoms with van der Waals surface area (Å²) in [5.74, 6) is 1.70. The number of para-hydroxylation sites is 1. The molecule has 26 heavy (non-hydrogen) atoms. The Morgan fingerprint density at radius 1 is 1.00 bits per heavy atom. The van der Waals surface area contributed by atoms with E-state index in [-0.39, 0.29) is 0 Å². The summed E-state index contributed by atoms with van der Waals surface area (Å²) in [5.41, 5.74) is 1.17. The molecule has 3 heterocycles. The molecule has 0 radical (unpaired) electrons. The Bertz CT molecular complexity index is 690. The molecule has 1 aromatic heterocycles. The zero-order valence-electron chi connectivity index (χ0n) is 15.1. The van der Waals surface area contributed by atoms with E-state index >= 15 is 0 Å². The van der Waals surface area contributed by atoms with E-state index in [1.165, 1.54) is 12.1 Å². The van der Waals surface area contributed by atoms with Crippen LogP contribution in [0.1, 0.15) is 25.7 Å². The van der Waals surface area contributed by atoms with Gasteiger partial charge in [-0.05, 0) is 43.9 Å². The van der Waals surface area contributed by atoms with E-state index < -0.39 is 0 Å². The number of hydrogen-bond donors (Lipinski definition) is 2. The first-order valence-corrected chi connectivity index (χ1v) is 9.61. The van der Waals surface area contributed by atoms with Crippen molar-refractivity contribution in [3.63, 3.8) is 0 Å². The summed E-state index contributed by atoms with van der Waals surface area (Å²) >= 11 is 0. The number of rotatable bonds is 5. The Hall–Kier alpha value is -2.34. The molecule has 2 atom stereocenters. The highest BCUT2D eigenvalue weighted by molar-refractivity contribution is 5.46. The van der Waals surface area contributed by atoms with Crippen molar-refractivity contribution in [2.24, 2.45) is 0 Å². The highest BCUT2D eigenvalue weighted by Gasteiger charge is 2.22. The zero-order valence-corrected chi connectivity index (χ0v) is 15.1. The van der Waals surface area contributed by atoms with Crippen molar-refractivity contribution in [2.45, 2.75) is 37.8 Å². The van der Waals surface area contributed by atoms with Gasteiger partial charge in [-0.1, -0.05) is 18.2 Å². The molecule has 0 bridgehead atoms. The van der Waals surface area contributed by atoms with Gasteiger partial charge in [-0.2, -0.15) is 4.98 Å². The van der Waals surface area contributed by atoms with Crippen LogP contribution in [0.4, 0.5) is 17.5 Å². The number of benzene rings is 1. The molecule has 2 unspecified atom stereocenters. The Kier molecular flexibility index (Phi) is 5.50. The molecule has 2 aliphatic heterocycles. The van der Waals surface area contributed by atoms with Crippen molar-refractivity contribution in [3.05, 3.63) is 42.6 Å². The lowest BCUT2D eigenvalue weighted by Gasteiger charge is -2.34. The summed E-state index contributed by atoms with van der Waals surface area (Å²) in [4.78, 5) is 11.6. The Balaban J connectivity index is 1.39. The number of aromatic nitrogens is 2. The van der Waals surface area contributed by atoms with Crippen LogP contribution < -0.4 is 15.5 Å². The molecule has 1 aromatic carbocycles. The smallest absolute Gasteiger partial charge is 0.227 e. The SMILES string of the molecule is c1ccc(NC2CCCN(c3nccc(NC4CCCOC4)n3)C2)cc1. The minimum absolute atomic E-state index is 0.348. The molecule has 6 nitrogen and oxygen atoms in total. The van der Waals surface area contributed by atoms with Crippen molar-refractivity contribution in [1.82, 2.24) is 9.97 Å². The predicted octanol–water partition coefficient (Wildman–Crippen LogP) is 3.15.